The first kappa shape index (κ1) is 25.1. The van der Waals surface area contributed by atoms with Crippen LogP contribution in [0.3, 0.4) is 0 Å². The van der Waals surface area contributed by atoms with Gasteiger partial charge in [0.05, 0.1) is 25.9 Å². The second kappa shape index (κ2) is 11.6. The van der Waals surface area contributed by atoms with Crippen molar-refractivity contribution in [3.05, 3.63) is 83.2 Å². The van der Waals surface area contributed by atoms with E-state index < -0.39 is 11.6 Å². The molecule has 0 bridgehead atoms. The lowest BCUT2D eigenvalue weighted by Crippen LogP contribution is -2.21. The van der Waals surface area contributed by atoms with Crippen LogP contribution in [0.2, 0.25) is 0 Å². The molecule has 1 aliphatic carbocycles. The van der Waals surface area contributed by atoms with Gasteiger partial charge in [-0.3, -0.25) is 0 Å². The van der Waals surface area contributed by atoms with Gasteiger partial charge in [0.15, 0.2) is 11.6 Å². The normalized spacial score (nSPS) is 17.9. The highest BCUT2D eigenvalue weighted by Crippen LogP contribution is 2.38. The third kappa shape index (κ3) is 5.99. The Hall–Kier alpha value is -2.99. The molecular weight excluding hydrogens is 453 g/mol. The van der Waals surface area contributed by atoms with Crippen LogP contribution >= 0.6 is 0 Å². The molecule has 0 amide bonds. The molecule has 0 aromatic heterocycles. The van der Waals surface area contributed by atoms with Gasteiger partial charge in [0.1, 0.15) is 17.3 Å². The van der Waals surface area contributed by atoms with Crippen LogP contribution in [0.25, 0.3) is 11.1 Å². The number of halogens is 3. The van der Waals surface area contributed by atoms with E-state index in [1.807, 2.05) is 13.8 Å². The molecule has 1 saturated carbocycles. The molecular formula is C29H31F3O3. The zero-order chi connectivity index (χ0) is 24.8. The van der Waals surface area contributed by atoms with E-state index in [0.29, 0.717) is 67.1 Å². The van der Waals surface area contributed by atoms with Gasteiger partial charge in [-0.2, -0.15) is 0 Å². The summed E-state index contributed by atoms with van der Waals surface area (Å²) in [6.45, 7) is 4.94. The first-order valence-corrected chi connectivity index (χ1v) is 12.2. The van der Waals surface area contributed by atoms with Gasteiger partial charge in [-0.1, -0.05) is 30.3 Å². The van der Waals surface area contributed by atoms with E-state index in [2.05, 4.69) is 0 Å². The minimum atomic E-state index is -0.823. The van der Waals surface area contributed by atoms with Crippen LogP contribution in [0, 0.1) is 17.5 Å². The van der Waals surface area contributed by atoms with Gasteiger partial charge in [-0.25, -0.2) is 13.2 Å². The molecule has 1 aliphatic rings. The van der Waals surface area contributed by atoms with Gasteiger partial charge in [0.25, 0.3) is 0 Å². The Morgan fingerprint density at radius 2 is 1.40 bits per heavy atom. The molecule has 3 aromatic rings. The van der Waals surface area contributed by atoms with Gasteiger partial charge in [-0.05, 0) is 74.8 Å². The molecule has 0 N–H and O–H groups in total. The quantitative estimate of drug-likeness (QED) is 0.310. The maximum absolute atomic E-state index is 15.0. The zero-order valence-electron chi connectivity index (χ0n) is 20.2. The second-order valence-corrected chi connectivity index (χ2v) is 8.76. The summed E-state index contributed by atoms with van der Waals surface area (Å²) >= 11 is 0. The Kier molecular flexibility index (Phi) is 8.34. The van der Waals surface area contributed by atoms with Gasteiger partial charge in [0.2, 0.25) is 0 Å². The van der Waals surface area contributed by atoms with Crippen molar-refractivity contribution in [1.29, 1.82) is 0 Å². The van der Waals surface area contributed by atoms with Crippen molar-refractivity contribution in [1.82, 2.24) is 0 Å². The molecule has 0 saturated heterocycles. The lowest BCUT2D eigenvalue weighted by molar-refractivity contribution is 0.0118. The van der Waals surface area contributed by atoms with Crippen LogP contribution < -0.4 is 9.47 Å². The first-order chi connectivity index (χ1) is 17.0. The molecule has 0 aliphatic heterocycles. The van der Waals surface area contributed by atoms with Crippen LogP contribution in [-0.2, 0) is 11.3 Å². The molecule has 4 rings (SSSR count). The highest BCUT2D eigenvalue weighted by Gasteiger charge is 2.27. The number of hydrogen-bond acceptors (Lipinski definition) is 3. The van der Waals surface area contributed by atoms with Crippen molar-refractivity contribution in [2.75, 3.05) is 13.2 Å². The highest BCUT2D eigenvalue weighted by atomic mass is 19.2. The van der Waals surface area contributed by atoms with Crippen LogP contribution in [0.1, 0.15) is 56.6 Å². The second-order valence-electron chi connectivity index (χ2n) is 8.76. The molecule has 3 aromatic carbocycles. The summed E-state index contributed by atoms with van der Waals surface area (Å²) < 4.78 is 60.9. The molecule has 186 valence electrons. The Morgan fingerprint density at radius 3 is 2.06 bits per heavy atom. The summed E-state index contributed by atoms with van der Waals surface area (Å²) in [4.78, 5) is 0. The fraction of sp³-hybridized carbons (Fsp3) is 0.379. The third-order valence-corrected chi connectivity index (χ3v) is 6.51. The van der Waals surface area contributed by atoms with E-state index in [4.69, 9.17) is 14.2 Å². The maximum atomic E-state index is 15.0. The summed E-state index contributed by atoms with van der Waals surface area (Å²) in [5.41, 5.74) is 1.74. The number of rotatable bonds is 9. The number of benzene rings is 3. The summed E-state index contributed by atoms with van der Waals surface area (Å²) in [7, 11) is 0. The summed E-state index contributed by atoms with van der Waals surface area (Å²) in [5, 5.41) is 0. The van der Waals surface area contributed by atoms with Crippen molar-refractivity contribution in [3.8, 4) is 22.6 Å². The molecule has 0 radical (unpaired) electrons. The Balaban J connectivity index is 1.35. The van der Waals surface area contributed by atoms with Crippen LogP contribution in [0.4, 0.5) is 13.2 Å². The summed E-state index contributed by atoms with van der Waals surface area (Å²) in [6.07, 6.45) is 2.77. The number of hydrogen-bond donors (Lipinski definition) is 0. The molecule has 0 spiro atoms. The smallest absolute Gasteiger partial charge is 0.166 e. The summed E-state index contributed by atoms with van der Waals surface area (Å²) in [5.74, 6) is -0.834. The lowest BCUT2D eigenvalue weighted by Gasteiger charge is -2.29. The van der Waals surface area contributed by atoms with E-state index in [1.165, 1.54) is 6.07 Å². The molecule has 0 atom stereocenters. The first-order valence-electron chi connectivity index (χ1n) is 12.2. The SMILES string of the molecule is CCOc1ccc(-c2ccc(C3CCC(OCc4ccc(OCC)cc4F)CC3)c(F)c2F)cc1. The Labute approximate surface area is 204 Å². The maximum Gasteiger partial charge on any atom is 0.166 e. The standard InChI is InChI=1S/C29H31F3O3/c1-3-33-22-10-5-19(6-11-22)25-15-16-26(29(32)28(25)31)20-7-12-23(13-8-20)35-18-21-9-14-24(34-4-2)17-27(21)30/h5-6,9-11,14-17,20,23H,3-4,7-8,12-13,18H2,1-2H3. The van der Waals surface area contributed by atoms with Gasteiger partial charge in [0, 0.05) is 17.2 Å². The molecule has 3 nitrogen and oxygen atoms in total. The monoisotopic (exact) mass is 484 g/mol. The van der Waals surface area contributed by atoms with E-state index in [-0.39, 0.29) is 30.0 Å². The molecule has 0 unspecified atom stereocenters. The van der Waals surface area contributed by atoms with Crippen molar-refractivity contribution >= 4 is 0 Å². The molecule has 1 fully saturated rings. The largest absolute Gasteiger partial charge is 0.494 e. The van der Waals surface area contributed by atoms with Gasteiger partial charge < -0.3 is 14.2 Å². The minimum Gasteiger partial charge on any atom is -0.494 e. The van der Waals surface area contributed by atoms with Gasteiger partial charge >= 0.3 is 0 Å². The van der Waals surface area contributed by atoms with Crippen molar-refractivity contribution in [2.24, 2.45) is 0 Å². The van der Waals surface area contributed by atoms with Crippen molar-refractivity contribution in [2.45, 2.75) is 58.2 Å². The average molecular weight is 485 g/mol. The minimum absolute atomic E-state index is 0.0340. The Morgan fingerprint density at radius 1 is 0.743 bits per heavy atom. The Bertz CT molecular complexity index is 1120. The molecule has 35 heavy (non-hydrogen) atoms. The highest BCUT2D eigenvalue weighted by molar-refractivity contribution is 5.65. The van der Waals surface area contributed by atoms with Crippen molar-refractivity contribution < 1.29 is 27.4 Å². The van der Waals surface area contributed by atoms with Gasteiger partial charge in [-0.15, -0.1) is 0 Å². The topological polar surface area (TPSA) is 27.7 Å². The predicted octanol–water partition coefficient (Wildman–Crippen LogP) is 7.81. The fourth-order valence-corrected chi connectivity index (χ4v) is 4.65. The van der Waals surface area contributed by atoms with E-state index in [0.717, 1.165) is 0 Å². The van der Waals surface area contributed by atoms with Crippen molar-refractivity contribution in [3.63, 3.8) is 0 Å². The van der Waals surface area contributed by atoms with E-state index in [1.54, 1.807) is 48.5 Å². The lowest BCUT2D eigenvalue weighted by atomic mass is 9.82. The molecule has 6 heteroatoms. The average Bonchev–Trinajstić information content (AvgIpc) is 2.87. The van der Waals surface area contributed by atoms with E-state index >= 15 is 4.39 Å². The van der Waals surface area contributed by atoms with Crippen LogP contribution in [0.5, 0.6) is 11.5 Å². The van der Waals surface area contributed by atoms with Crippen LogP contribution in [-0.4, -0.2) is 19.3 Å². The number of ether oxygens (including phenoxy) is 3. The predicted molar refractivity (Wildman–Crippen MR) is 130 cm³/mol. The molecule has 0 heterocycles. The van der Waals surface area contributed by atoms with E-state index in [9.17, 15) is 8.78 Å². The van der Waals surface area contributed by atoms with Crippen LogP contribution in [0.15, 0.2) is 54.6 Å². The third-order valence-electron chi connectivity index (χ3n) is 6.51. The zero-order valence-corrected chi connectivity index (χ0v) is 20.2. The fourth-order valence-electron chi connectivity index (χ4n) is 4.65. The summed E-state index contributed by atoms with van der Waals surface area (Å²) in [6, 6.07) is 15.1.